The molecule has 0 amide bonds. The zero-order chi connectivity index (χ0) is 19.8. The van der Waals surface area contributed by atoms with Crippen molar-refractivity contribution in [3.8, 4) is 0 Å². The van der Waals surface area contributed by atoms with E-state index in [2.05, 4.69) is 0 Å². The highest BCUT2D eigenvalue weighted by Gasteiger charge is 2.86. The molecule has 27 heavy (non-hydrogen) atoms. The van der Waals surface area contributed by atoms with Gasteiger partial charge in [0.1, 0.15) is 31.0 Å². The Labute approximate surface area is 151 Å². The second-order valence-electron chi connectivity index (χ2n) is 6.65. The molecule has 14 nitrogen and oxygen atoms in total. The van der Waals surface area contributed by atoms with Crippen LogP contribution < -0.4 is 0 Å². The van der Waals surface area contributed by atoms with Crippen molar-refractivity contribution in [1.29, 1.82) is 0 Å². The smallest absolute Gasteiger partial charge is 0.394 e. The van der Waals surface area contributed by atoms with E-state index in [9.17, 15) is 40.9 Å². The minimum absolute atomic E-state index is 0.758. The van der Waals surface area contributed by atoms with Gasteiger partial charge in [0.25, 0.3) is 5.79 Å². The number of rotatable bonds is 4. The molecule has 4 aliphatic heterocycles. The summed E-state index contributed by atoms with van der Waals surface area (Å²) in [7, 11) is -1.64. The number of aliphatic hydroxyl groups is 8. The second kappa shape index (κ2) is 6.25. The molecule has 4 heterocycles. The maximum atomic E-state index is 10.6. The van der Waals surface area contributed by atoms with Crippen LogP contribution in [0.5, 0.6) is 0 Å². The van der Waals surface area contributed by atoms with Gasteiger partial charge in [-0.2, -0.15) is 0 Å². The molecule has 4 saturated heterocycles. The average Bonchev–Trinajstić information content (AvgIpc) is 3.07. The third-order valence-electron chi connectivity index (χ3n) is 5.14. The third kappa shape index (κ3) is 2.41. The molecule has 0 radical (unpaired) electrons. The summed E-state index contributed by atoms with van der Waals surface area (Å²) >= 11 is 0. The lowest BCUT2D eigenvalue weighted by Gasteiger charge is -2.55. The number of aliphatic hydroxyl groups excluding tert-OH is 6. The van der Waals surface area contributed by atoms with Crippen LogP contribution in [0.3, 0.4) is 0 Å². The quantitative estimate of drug-likeness (QED) is 0.207. The Kier molecular flexibility index (Phi) is 4.58. The monoisotopic (exact) mass is 398 g/mol. The lowest BCUT2D eigenvalue weighted by atomic mass is 9.87. The Balaban J connectivity index is 1.61. The Morgan fingerprint density at radius 2 is 1.67 bits per heavy atom. The number of hydrogen-bond acceptors (Lipinski definition) is 14. The van der Waals surface area contributed by atoms with Crippen LogP contribution in [0.25, 0.3) is 0 Å². The summed E-state index contributed by atoms with van der Waals surface area (Å²) in [4.78, 5) is 0. The Morgan fingerprint density at radius 1 is 0.963 bits per heavy atom. The number of ether oxygens (including phenoxy) is 3. The Hall–Kier alpha value is -0.495. The normalized spacial score (nSPS) is 57.3. The molecule has 0 unspecified atom stereocenters. The highest BCUT2D eigenvalue weighted by molar-refractivity contribution is 6.38. The molecule has 0 aliphatic carbocycles. The summed E-state index contributed by atoms with van der Waals surface area (Å²) < 4.78 is 30.4. The van der Waals surface area contributed by atoms with Crippen LogP contribution in [0.15, 0.2) is 0 Å². The fourth-order valence-electron chi connectivity index (χ4n) is 3.61. The van der Waals surface area contributed by atoms with E-state index in [-0.39, 0.29) is 0 Å². The van der Waals surface area contributed by atoms with E-state index in [1.165, 1.54) is 0 Å². The molecular formula is C12H19BO14. The van der Waals surface area contributed by atoms with Crippen molar-refractivity contribution in [3.05, 3.63) is 0 Å². The van der Waals surface area contributed by atoms with Crippen molar-refractivity contribution in [2.24, 2.45) is 0 Å². The van der Waals surface area contributed by atoms with Gasteiger partial charge in [-0.15, -0.1) is 0 Å². The zero-order valence-electron chi connectivity index (χ0n) is 13.6. The summed E-state index contributed by atoms with van der Waals surface area (Å²) in [6, 6.07) is 0. The van der Waals surface area contributed by atoms with Crippen molar-refractivity contribution < 1.29 is 69.0 Å². The Bertz CT molecular complexity index is 584. The van der Waals surface area contributed by atoms with Gasteiger partial charge >= 0.3 is 7.32 Å². The van der Waals surface area contributed by atoms with Crippen LogP contribution in [0, 0.1) is 0 Å². The van der Waals surface area contributed by atoms with Crippen LogP contribution in [0.1, 0.15) is 0 Å². The molecule has 2 bridgehead atoms. The van der Waals surface area contributed by atoms with Gasteiger partial charge in [0.15, 0.2) is 18.7 Å². The molecule has 10 atom stereocenters. The zero-order valence-corrected chi connectivity index (χ0v) is 13.6. The molecular weight excluding hydrogens is 379 g/mol. The predicted octanol–water partition coefficient (Wildman–Crippen LogP) is -6.35. The molecule has 0 aromatic carbocycles. The van der Waals surface area contributed by atoms with Crippen molar-refractivity contribution in [1.82, 2.24) is 0 Å². The molecule has 0 aromatic rings. The van der Waals surface area contributed by atoms with Gasteiger partial charge in [0, 0.05) is 0 Å². The van der Waals surface area contributed by atoms with Gasteiger partial charge < -0.3 is 69.0 Å². The van der Waals surface area contributed by atoms with Crippen LogP contribution in [0.4, 0.5) is 0 Å². The fraction of sp³-hybridized carbons (Fsp3) is 1.00. The number of fused-ring (bicyclic) bond motifs is 1. The van der Waals surface area contributed by atoms with Crippen LogP contribution in [-0.4, -0.2) is 122 Å². The molecule has 4 rings (SSSR count). The van der Waals surface area contributed by atoms with Gasteiger partial charge in [-0.3, -0.25) is 0 Å². The standard InChI is InChI=1S/C12H19BO14/c14-1-3-6(4(16)5(17)8(19)22-3)23-9-7(18)11(20)12(21)10(2-15,24-9)25-13(26-11)27-12/h3-9,14-21H,1-2H2/t3-,4-,5-,6-,7-,8-,9+,10+,11+,12+/m1/s1. The van der Waals surface area contributed by atoms with Gasteiger partial charge in [0.05, 0.1) is 6.61 Å². The van der Waals surface area contributed by atoms with Gasteiger partial charge in [-0.25, -0.2) is 0 Å². The minimum atomic E-state index is -2.84. The summed E-state index contributed by atoms with van der Waals surface area (Å²) in [6.07, 6.45) is -12.4. The molecule has 4 fully saturated rings. The molecule has 154 valence electrons. The first-order chi connectivity index (χ1) is 12.6. The Morgan fingerprint density at radius 3 is 2.26 bits per heavy atom. The summed E-state index contributed by atoms with van der Waals surface area (Å²) in [6.45, 7) is -1.81. The molecule has 15 heteroatoms. The van der Waals surface area contributed by atoms with E-state index >= 15 is 0 Å². The molecule has 0 saturated carbocycles. The first-order valence-corrected chi connectivity index (χ1v) is 8.03. The van der Waals surface area contributed by atoms with E-state index in [0.717, 1.165) is 0 Å². The SMILES string of the molecule is OC[C@H]1O[C@@H](O)[C@H](O)[C@@H](O)[C@@H]1O[C@H]1O[C@@]2(CO)OB3O[C@]2(O)[C@@](O)(O3)[C@@H]1O. The first kappa shape index (κ1) is 19.8. The van der Waals surface area contributed by atoms with Crippen LogP contribution in [-0.2, 0) is 28.2 Å². The van der Waals surface area contributed by atoms with E-state index in [1.807, 2.05) is 0 Å². The maximum absolute atomic E-state index is 10.6. The van der Waals surface area contributed by atoms with Crippen LogP contribution >= 0.6 is 0 Å². The number of hydrogen-bond donors (Lipinski definition) is 8. The average molecular weight is 398 g/mol. The fourth-order valence-corrected chi connectivity index (χ4v) is 3.61. The van der Waals surface area contributed by atoms with E-state index in [4.69, 9.17) is 28.2 Å². The highest BCUT2D eigenvalue weighted by atomic mass is 17.0. The lowest BCUT2D eigenvalue weighted by molar-refractivity contribution is -0.506. The highest BCUT2D eigenvalue weighted by Crippen LogP contribution is 2.56. The van der Waals surface area contributed by atoms with Crippen molar-refractivity contribution in [2.45, 2.75) is 60.5 Å². The topological polar surface area (TPSA) is 217 Å². The summed E-state index contributed by atoms with van der Waals surface area (Å²) in [5.74, 6) is -8.04. The summed E-state index contributed by atoms with van der Waals surface area (Å²) in [5, 5.41) is 79.9. The molecule has 0 aromatic heterocycles. The van der Waals surface area contributed by atoms with E-state index < -0.39 is 81.0 Å². The van der Waals surface area contributed by atoms with Crippen molar-refractivity contribution >= 4 is 7.32 Å². The largest absolute Gasteiger partial charge is 0.646 e. The second-order valence-corrected chi connectivity index (χ2v) is 6.65. The summed E-state index contributed by atoms with van der Waals surface area (Å²) in [5.41, 5.74) is 0. The molecule has 0 spiro atoms. The van der Waals surface area contributed by atoms with E-state index in [0.29, 0.717) is 0 Å². The van der Waals surface area contributed by atoms with Gasteiger partial charge in [-0.05, 0) is 0 Å². The van der Waals surface area contributed by atoms with Crippen LogP contribution in [0.2, 0.25) is 0 Å². The van der Waals surface area contributed by atoms with Crippen molar-refractivity contribution in [3.63, 3.8) is 0 Å². The van der Waals surface area contributed by atoms with Crippen molar-refractivity contribution in [2.75, 3.05) is 13.2 Å². The third-order valence-corrected chi connectivity index (χ3v) is 5.14. The molecule has 8 N–H and O–H groups in total. The lowest BCUT2D eigenvalue weighted by Crippen LogP contribution is -2.80. The van der Waals surface area contributed by atoms with Gasteiger partial charge in [-0.1, -0.05) is 0 Å². The maximum Gasteiger partial charge on any atom is 0.646 e. The van der Waals surface area contributed by atoms with E-state index in [1.54, 1.807) is 0 Å². The predicted molar refractivity (Wildman–Crippen MR) is 74.5 cm³/mol. The minimum Gasteiger partial charge on any atom is -0.394 e. The first-order valence-electron chi connectivity index (χ1n) is 8.03. The molecule has 4 aliphatic rings. The van der Waals surface area contributed by atoms with Gasteiger partial charge in [0.2, 0.25) is 11.6 Å².